The highest BCUT2D eigenvalue weighted by atomic mass is 127. The minimum Gasteiger partial charge on any atom is -0.349 e. The number of piperazine rings is 1. The third-order valence-electron chi connectivity index (χ3n) is 4.29. The maximum absolute atomic E-state index is 12.8. The third kappa shape index (κ3) is 5.69. The summed E-state index contributed by atoms with van der Waals surface area (Å²) in [4.78, 5) is 7.64. The van der Waals surface area contributed by atoms with Crippen LogP contribution in [0.5, 0.6) is 0 Å². The molecule has 1 unspecified atom stereocenters. The van der Waals surface area contributed by atoms with E-state index in [1.807, 2.05) is 16.4 Å². The molecule has 1 aromatic rings. The van der Waals surface area contributed by atoms with E-state index >= 15 is 0 Å². The van der Waals surface area contributed by atoms with Crippen molar-refractivity contribution in [1.82, 2.24) is 29.9 Å². The van der Waals surface area contributed by atoms with Crippen LogP contribution in [0.1, 0.15) is 19.7 Å². The van der Waals surface area contributed by atoms with Gasteiger partial charge in [0.1, 0.15) is 12.4 Å². The Labute approximate surface area is 162 Å². The van der Waals surface area contributed by atoms with Crippen molar-refractivity contribution >= 4 is 29.9 Å². The number of halogens is 4. The molecule has 1 atom stereocenters. The standard InChI is InChI=1S/C14H24F3N7.HI/c1-4-22-10-20-21-12(22)9-19-13(18-3)24-7-5-23(6-8-24)11(2)14(15,16)17;/h10-11H,4-9H2,1-3H3,(H,18,19);1H. The monoisotopic (exact) mass is 475 g/mol. The van der Waals surface area contributed by atoms with Crippen LogP contribution in [0.25, 0.3) is 0 Å². The van der Waals surface area contributed by atoms with Crippen LogP contribution >= 0.6 is 24.0 Å². The molecule has 1 fully saturated rings. The highest BCUT2D eigenvalue weighted by molar-refractivity contribution is 14.0. The smallest absolute Gasteiger partial charge is 0.349 e. The van der Waals surface area contributed by atoms with Crippen molar-refractivity contribution < 1.29 is 13.2 Å². The summed E-state index contributed by atoms with van der Waals surface area (Å²) in [7, 11) is 1.66. The molecular formula is C14H25F3IN7. The first-order valence-electron chi connectivity index (χ1n) is 7.99. The molecule has 0 spiro atoms. The Morgan fingerprint density at radius 2 is 1.96 bits per heavy atom. The maximum atomic E-state index is 12.8. The van der Waals surface area contributed by atoms with Crippen LogP contribution < -0.4 is 5.32 Å². The van der Waals surface area contributed by atoms with Crippen LogP contribution in [-0.2, 0) is 13.1 Å². The quantitative estimate of drug-likeness (QED) is 0.407. The van der Waals surface area contributed by atoms with Gasteiger partial charge in [-0.1, -0.05) is 0 Å². The molecule has 7 nitrogen and oxygen atoms in total. The van der Waals surface area contributed by atoms with Crippen LogP contribution in [0.4, 0.5) is 13.2 Å². The van der Waals surface area contributed by atoms with Gasteiger partial charge in [0.25, 0.3) is 0 Å². The lowest BCUT2D eigenvalue weighted by atomic mass is 10.2. The third-order valence-corrected chi connectivity index (χ3v) is 4.29. The number of aryl methyl sites for hydroxylation is 1. The Kier molecular flexibility index (Phi) is 8.38. The zero-order valence-corrected chi connectivity index (χ0v) is 17.0. The molecule has 25 heavy (non-hydrogen) atoms. The van der Waals surface area contributed by atoms with Gasteiger partial charge in [0.15, 0.2) is 11.8 Å². The first-order chi connectivity index (χ1) is 11.4. The van der Waals surface area contributed by atoms with E-state index in [0.717, 1.165) is 12.4 Å². The van der Waals surface area contributed by atoms with Crippen molar-refractivity contribution in [2.45, 2.75) is 39.2 Å². The molecule has 0 amide bonds. The van der Waals surface area contributed by atoms with E-state index in [1.54, 1.807) is 13.4 Å². The zero-order chi connectivity index (χ0) is 17.7. The molecule has 0 aromatic carbocycles. The van der Waals surface area contributed by atoms with Gasteiger partial charge < -0.3 is 14.8 Å². The molecule has 1 aromatic heterocycles. The summed E-state index contributed by atoms with van der Waals surface area (Å²) in [5, 5.41) is 11.1. The highest BCUT2D eigenvalue weighted by Gasteiger charge is 2.41. The lowest BCUT2D eigenvalue weighted by Crippen LogP contribution is -2.56. The number of alkyl halides is 3. The van der Waals surface area contributed by atoms with E-state index in [-0.39, 0.29) is 24.0 Å². The van der Waals surface area contributed by atoms with Gasteiger partial charge in [0.05, 0.1) is 6.54 Å². The van der Waals surface area contributed by atoms with Gasteiger partial charge >= 0.3 is 6.18 Å². The number of nitrogens with one attached hydrogen (secondary N) is 1. The molecule has 1 saturated heterocycles. The molecule has 1 N–H and O–H groups in total. The van der Waals surface area contributed by atoms with Crippen LogP contribution in [0.3, 0.4) is 0 Å². The van der Waals surface area contributed by atoms with Crippen molar-refractivity contribution in [2.75, 3.05) is 33.2 Å². The summed E-state index contributed by atoms with van der Waals surface area (Å²) >= 11 is 0. The molecule has 0 bridgehead atoms. The first-order valence-corrected chi connectivity index (χ1v) is 7.99. The van der Waals surface area contributed by atoms with Gasteiger partial charge in [-0.05, 0) is 13.8 Å². The van der Waals surface area contributed by atoms with Crippen molar-refractivity contribution in [3.8, 4) is 0 Å². The normalized spacial score (nSPS) is 18.0. The second-order valence-corrected chi connectivity index (χ2v) is 5.67. The van der Waals surface area contributed by atoms with Crippen molar-refractivity contribution in [3.05, 3.63) is 12.2 Å². The number of nitrogens with zero attached hydrogens (tertiary/aromatic N) is 6. The minimum absolute atomic E-state index is 0. The van der Waals surface area contributed by atoms with Crippen LogP contribution in [-0.4, -0.2) is 76.0 Å². The Morgan fingerprint density at radius 3 is 2.48 bits per heavy atom. The lowest BCUT2D eigenvalue weighted by molar-refractivity contribution is -0.181. The minimum atomic E-state index is -4.19. The van der Waals surface area contributed by atoms with E-state index < -0.39 is 12.2 Å². The molecule has 1 aliphatic rings. The van der Waals surface area contributed by atoms with Gasteiger partial charge in [-0.25, -0.2) is 0 Å². The summed E-state index contributed by atoms with van der Waals surface area (Å²) < 4.78 is 40.3. The molecule has 0 aliphatic carbocycles. The molecule has 144 valence electrons. The molecule has 2 rings (SSSR count). The number of rotatable bonds is 4. The maximum Gasteiger partial charge on any atom is 0.403 e. The predicted molar refractivity (Wildman–Crippen MR) is 100.0 cm³/mol. The van der Waals surface area contributed by atoms with Crippen LogP contribution in [0, 0.1) is 0 Å². The average molecular weight is 475 g/mol. The summed E-state index contributed by atoms with van der Waals surface area (Å²) in [6.45, 7) is 6.17. The Bertz CT molecular complexity index is 553. The first kappa shape index (κ1) is 21.9. The van der Waals surface area contributed by atoms with E-state index in [4.69, 9.17) is 0 Å². The van der Waals surface area contributed by atoms with Gasteiger partial charge in [-0.15, -0.1) is 34.2 Å². The fourth-order valence-corrected chi connectivity index (χ4v) is 2.70. The van der Waals surface area contributed by atoms with Crippen LogP contribution in [0.15, 0.2) is 11.3 Å². The molecule has 1 aliphatic heterocycles. The van der Waals surface area contributed by atoms with Gasteiger partial charge in [-0.3, -0.25) is 9.89 Å². The summed E-state index contributed by atoms with van der Waals surface area (Å²) in [6, 6.07) is -1.42. The fraction of sp³-hybridized carbons (Fsp3) is 0.786. The predicted octanol–water partition coefficient (Wildman–Crippen LogP) is 1.56. The molecule has 11 heteroatoms. The average Bonchev–Trinajstić information content (AvgIpc) is 3.02. The van der Waals surface area contributed by atoms with Crippen molar-refractivity contribution in [2.24, 2.45) is 4.99 Å². The lowest BCUT2D eigenvalue weighted by Gasteiger charge is -2.39. The number of hydrogen-bond acceptors (Lipinski definition) is 4. The summed E-state index contributed by atoms with van der Waals surface area (Å²) in [5.41, 5.74) is 0. The Hall–Kier alpha value is -1.11. The Balaban J connectivity index is 0.00000312. The highest BCUT2D eigenvalue weighted by Crippen LogP contribution is 2.25. The van der Waals surface area contributed by atoms with E-state index in [1.165, 1.54) is 11.8 Å². The van der Waals surface area contributed by atoms with Crippen molar-refractivity contribution in [1.29, 1.82) is 0 Å². The number of hydrogen-bond donors (Lipinski definition) is 1. The summed E-state index contributed by atoms with van der Waals surface area (Å²) in [5.74, 6) is 1.46. The van der Waals surface area contributed by atoms with E-state index in [2.05, 4.69) is 20.5 Å². The van der Waals surface area contributed by atoms with Crippen LogP contribution in [0.2, 0.25) is 0 Å². The zero-order valence-electron chi connectivity index (χ0n) is 14.6. The SMILES string of the molecule is CCn1cnnc1CNC(=NC)N1CCN(C(C)C(F)(F)F)CC1.I. The number of aliphatic imine (C=N–C) groups is 1. The number of guanidine groups is 1. The van der Waals surface area contributed by atoms with Gasteiger partial charge in [0.2, 0.25) is 0 Å². The Morgan fingerprint density at radius 1 is 1.32 bits per heavy atom. The molecule has 0 saturated carbocycles. The molecule has 2 heterocycles. The topological polar surface area (TPSA) is 61.6 Å². The molecular weight excluding hydrogens is 450 g/mol. The van der Waals surface area contributed by atoms with E-state index in [9.17, 15) is 13.2 Å². The fourth-order valence-electron chi connectivity index (χ4n) is 2.70. The number of aromatic nitrogens is 3. The van der Waals surface area contributed by atoms with Gasteiger partial charge in [0, 0.05) is 39.8 Å². The van der Waals surface area contributed by atoms with Gasteiger partial charge in [-0.2, -0.15) is 13.2 Å². The van der Waals surface area contributed by atoms with E-state index in [0.29, 0.717) is 38.7 Å². The second-order valence-electron chi connectivity index (χ2n) is 5.67. The molecule has 0 radical (unpaired) electrons. The largest absolute Gasteiger partial charge is 0.403 e. The summed E-state index contributed by atoms with van der Waals surface area (Å²) in [6.07, 6.45) is -2.52. The second kappa shape index (κ2) is 9.55. The van der Waals surface area contributed by atoms with Crippen molar-refractivity contribution in [3.63, 3.8) is 0 Å².